The number of rotatable bonds is 8. The van der Waals surface area contributed by atoms with Gasteiger partial charge in [0, 0.05) is 43.4 Å². The lowest BCUT2D eigenvalue weighted by Crippen LogP contribution is -2.51. The van der Waals surface area contributed by atoms with Crippen molar-refractivity contribution in [2.75, 3.05) is 51.3 Å². The van der Waals surface area contributed by atoms with Crippen LogP contribution < -0.4 is 5.32 Å². The Bertz CT molecular complexity index is 1050. The highest BCUT2D eigenvalue weighted by atomic mass is 35.5. The van der Waals surface area contributed by atoms with Gasteiger partial charge >= 0.3 is 5.97 Å². The van der Waals surface area contributed by atoms with Crippen LogP contribution in [0.2, 0.25) is 5.02 Å². The van der Waals surface area contributed by atoms with E-state index in [1.807, 2.05) is 0 Å². The second-order valence-electron chi connectivity index (χ2n) is 7.01. The first kappa shape index (κ1) is 24.0. The van der Waals surface area contributed by atoms with Crippen LogP contribution in [0, 0.1) is 0 Å². The second kappa shape index (κ2) is 10.8. The molecule has 1 saturated heterocycles. The fourth-order valence-electron chi connectivity index (χ4n) is 3.24. The average molecular weight is 482 g/mol. The molecule has 0 aliphatic carbocycles. The summed E-state index contributed by atoms with van der Waals surface area (Å²) in [6, 6.07) is 12.6. The zero-order chi connectivity index (χ0) is 23.1. The lowest BCUT2D eigenvalue weighted by molar-refractivity contribution is -0.135. The molecule has 32 heavy (non-hydrogen) atoms. The van der Waals surface area contributed by atoms with E-state index in [9.17, 15) is 18.0 Å². The zero-order valence-electron chi connectivity index (χ0n) is 17.2. The van der Waals surface area contributed by atoms with E-state index in [0.29, 0.717) is 10.7 Å². The molecule has 0 radical (unpaired) electrons. The van der Waals surface area contributed by atoms with Crippen molar-refractivity contribution in [3.05, 3.63) is 59.1 Å². The van der Waals surface area contributed by atoms with Crippen LogP contribution in [0.4, 0.5) is 5.69 Å². The lowest BCUT2D eigenvalue weighted by atomic mass is 10.2. The standard InChI is InChI=1S/C21H24ClN3O6S/c22-16-5-7-17(8-6-16)32(29,30)25-12-10-24(11-13-25)20(27)15-31-21(28)18-3-1-2-4-19(18)23-9-14-26/h1-8,23,26H,9-15H2. The molecular weight excluding hydrogens is 458 g/mol. The predicted molar refractivity (Wildman–Crippen MR) is 119 cm³/mol. The van der Waals surface area contributed by atoms with Crippen LogP contribution in [0.5, 0.6) is 0 Å². The number of carbonyl (C=O) groups is 2. The van der Waals surface area contributed by atoms with E-state index in [1.165, 1.54) is 33.5 Å². The van der Waals surface area contributed by atoms with Gasteiger partial charge in [-0.3, -0.25) is 4.79 Å². The number of nitrogens with zero attached hydrogens (tertiary/aromatic N) is 2. The lowest BCUT2D eigenvalue weighted by Gasteiger charge is -2.33. The van der Waals surface area contributed by atoms with E-state index >= 15 is 0 Å². The molecule has 0 spiro atoms. The molecule has 1 amide bonds. The topological polar surface area (TPSA) is 116 Å². The summed E-state index contributed by atoms with van der Waals surface area (Å²) in [6.07, 6.45) is 0. The molecule has 0 saturated carbocycles. The van der Waals surface area contributed by atoms with E-state index in [-0.39, 0.29) is 49.8 Å². The number of hydrogen-bond donors (Lipinski definition) is 2. The first-order chi connectivity index (χ1) is 15.3. The molecule has 1 aliphatic heterocycles. The molecule has 9 nitrogen and oxygen atoms in total. The first-order valence-electron chi connectivity index (χ1n) is 9.97. The Morgan fingerprint density at radius 2 is 1.69 bits per heavy atom. The van der Waals surface area contributed by atoms with Crippen LogP contribution in [0.3, 0.4) is 0 Å². The number of sulfonamides is 1. The Morgan fingerprint density at radius 1 is 1.03 bits per heavy atom. The third-order valence-corrected chi connectivity index (χ3v) is 7.11. The van der Waals surface area contributed by atoms with E-state index < -0.39 is 28.5 Å². The molecular formula is C21H24ClN3O6S. The summed E-state index contributed by atoms with van der Waals surface area (Å²) in [4.78, 5) is 26.5. The van der Waals surface area contributed by atoms with Crippen LogP contribution in [0.25, 0.3) is 0 Å². The Hall–Kier alpha value is -2.66. The number of carbonyl (C=O) groups excluding carboxylic acids is 2. The zero-order valence-corrected chi connectivity index (χ0v) is 18.8. The first-order valence-corrected chi connectivity index (χ1v) is 11.8. The van der Waals surface area contributed by atoms with Crippen molar-refractivity contribution in [2.45, 2.75) is 4.90 Å². The SMILES string of the molecule is O=C(OCC(=O)N1CCN(S(=O)(=O)c2ccc(Cl)cc2)CC1)c1ccccc1NCCO. The van der Waals surface area contributed by atoms with Crippen LogP contribution >= 0.6 is 11.6 Å². The number of benzene rings is 2. The number of aliphatic hydroxyl groups is 1. The fraction of sp³-hybridized carbons (Fsp3) is 0.333. The quantitative estimate of drug-likeness (QED) is 0.548. The third kappa shape index (κ3) is 5.77. The van der Waals surface area contributed by atoms with Crippen molar-refractivity contribution in [2.24, 2.45) is 0 Å². The number of anilines is 1. The molecule has 2 N–H and O–H groups in total. The van der Waals surface area contributed by atoms with E-state index in [1.54, 1.807) is 24.3 Å². The molecule has 11 heteroatoms. The van der Waals surface area contributed by atoms with Gasteiger partial charge in [0.05, 0.1) is 17.1 Å². The number of hydrogen-bond acceptors (Lipinski definition) is 7. The van der Waals surface area contributed by atoms with Gasteiger partial charge in [-0.05, 0) is 36.4 Å². The van der Waals surface area contributed by atoms with E-state index in [0.717, 1.165) is 0 Å². The largest absolute Gasteiger partial charge is 0.452 e. The number of nitrogens with one attached hydrogen (secondary N) is 1. The average Bonchev–Trinajstić information content (AvgIpc) is 2.81. The highest BCUT2D eigenvalue weighted by molar-refractivity contribution is 7.89. The third-order valence-electron chi connectivity index (χ3n) is 4.94. The maximum atomic E-state index is 12.7. The van der Waals surface area contributed by atoms with Crippen molar-refractivity contribution in [1.82, 2.24) is 9.21 Å². The molecule has 0 unspecified atom stereocenters. The summed E-state index contributed by atoms with van der Waals surface area (Å²) in [5, 5.41) is 12.3. The van der Waals surface area contributed by atoms with Gasteiger partial charge in [0.2, 0.25) is 10.0 Å². The minimum Gasteiger partial charge on any atom is -0.452 e. The highest BCUT2D eigenvalue weighted by Gasteiger charge is 2.30. The van der Waals surface area contributed by atoms with Crippen molar-refractivity contribution in [1.29, 1.82) is 0 Å². The number of esters is 1. The molecule has 172 valence electrons. The smallest absolute Gasteiger partial charge is 0.340 e. The molecule has 1 aliphatic rings. The molecule has 2 aromatic carbocycles. The summed E-state index contributed by atoms with van der Waals surface area (Å²) in [5.74, 6) is -1.06. The van der Waals surface area contributed by atoms with Crippen molar-refractivity contribution >= 4 is 39.2 Å². The van der Waals surface area contributed by atoms with Gasteiger partial charge < -0.3 is 20.1 Å². The number of para-hydroxylation sites is 1. The minimum atomic E-state index is -3.68. The van der Waals surface area contributed by atoms with Gasteiger partial charge in [0.25, 0.3) is 5.91 Å². The Balaban J connectivity index is 1.53. The Labute approximate surface area is 191 Å². The predicted octanol–water partition coefficient (Wildman–Crippen LogP) is 1.43. The number of halogens is 1. The Kier molecular flexibility index (Phi) is 8.08. The van der Waals surface area contributed by atoms with Gasteiger partial charge in [-0.15, -0.1) is 0 Å². The summed E-state index contributed by atoms with van der Waals surface area (Å²) in [6.45, 7) is 0.387. The van der Waals surface area contributed by atoms with Gasteiger partial charge in [-0.1, -0.05) is 23.7 Å². The number of aliphatic hydroxyl groups excluding tert-OH is 1. The van der Waals surface area contributed by atoms with Crippen molar-refractivity contribution in [3.8, 4) is 0 Å². The summed E-state index contributed by atoms with van der Waals surface area (Å²) in [7, 11) is -3.68. The van der Waals surface area contributed by atoms with Crippen LogP contribution in [0.15, 0.2) is 53.4 Å². The number of piperazine rings is 1. The molecule has 1 fully saturated rings. The molecule has 0 atom stereocenters. The normalized spacial score (nSPS) is 14.8. The van der Waals surface area contributed by atoms with Crippen molar-refractivity contribution < 1.29 is 27.9 Å². The maximum absolute atomic E-state index is 12.7. The van der Waals surface area contributed by atoms with Crippen molar-refractivity contribution in [3.63, 3.8) is 0 Å². The van der Waals surface area contributed by atoms with Gasteiger partial charge in [0.1, 0.15) is 0 Å². The van der Waals surface area contributed by atoms with Crippen LogP contribution in [-0.4, -0.2) is 80.5 Å². The highest BCUT2D eigenvalue weighted by Crippen LogP contribution is 2.20. The van der Waals surface area contributed by atoms with Gasteiger partial charge in [-0.2, -0.15) is 4.31 Å². The summed E-state index contributed by atoms with van der Waals surface area (Å²) in [5.41, 5.74) is 0.757. The molecule has 0 aromatic heterocycles. The molecule has 3 rings (SSSR count). The van der Waals surface area contributed by atoms with E-state index in [4.69, 9.17) is 21.4 Å². The fourth-order valence-corrected chi connectivity index (χ4v) is 4.78. The number of amides is 1. The minimum absolute atomic E-state index is 0.0957. The monoisotopic (exact) mass is 481 g/mol. The molecule has 2 aromatic rings. The molecule has 0 bridgehead atoms. The van der Waals surface area contributed by atoms with Gasteiger partial charge in [-0.25, -0.2) is 13.2 Å². The molecule has 1 heterocycles. The van der Waals surface area contributed by atoms with Crippen LogP contribution in [-0.2, 0) is 19.6 Å². The Morgan fingerprint density at radius 3 is 2.34 bits per heavy atom. The van der Waals surface area contributed by atoms with E-state index in [2.05, 4.69) is 5.32 Å². The second-order valence-corrected chi connectivity index (χ2v) is 9.39. The van der Waals surface area contributed by atoms with Gasteiger partial charge in [0.15, 0.2) is 6.61 Å². The maximum Gasteiger partial charge on any atom is 0.340 e. The summed E-state index contributed by atoms with van der Waals surface area (Å²) >= 11 is 5.82. The summed E-state index contributed by atoms with van der Waals surface area (Å²) < 4.78 is 32.0. The van der Waals surface area contributed by atoms with Crippen LogP contribution in [0.1, 0.15) is 10.4 Å². The number of ether oxygens (including phenoxy) is 1.